The number of amides is 1. The molecule has 0 radical (unpaired) electrons. The van der Waals surface area contributed by atoms with Gasteiger partial charge in [-0.05, 0) is 45.8 Å². The van der Waals surface area contributed by atoms with Crippen molar-refractivity contribution in [1.29, 1.82) is 0 Å². The van der Waals surface area contributed by atoms with Gasteiger partial charge in [0.1, 0.15) is 4.32 Å². The Labute approximate surface area is 164 Å². The van der Waals surface area contributed by atoms with Gasteiger partial charge in [-0.15, -0.1) is 0 Å². The molecule has 7 heteroatoms. The number of rotatable bonds is 5. The number of thiocarbonyl (C=S) groups is 1. The zero-order valence-corrected chi connectivity index (χ0v) is 19.7. The van der Waals surface area contributed by atoms with Gasteiger partial charge in [-0.1, -0.05) is 44.8 Å². The highest BCUT2D eigenvalue weighted by Gasteiger charge is 2.52. The minimum Gasteiger partial charge on any atom is -0.413 e. The molecule has 4 nitrogen and oxygen atoms in total. The fourth-order valence-electron chi connectivity index (χ4n) is 3.56. The molecule has 0 aromatic heterocycles. The quantitative estimate of drug-likeness (QED) is 0.427. The van der Waals surface area contributed by atoms with E-state index >= 15 is 0 Å². The minimum atomic E-state index is -1.90. The van der Waals surface area contributed by atoms with Crippen LogP contribution >= 0.6 is 24.0 Å². The van der Waals surface area contributed by atoms with Gasteiger partial charge in [0.25, 0.3) is 0 Å². The summed E-state index contributed by atoms with van der Waals surface area (Å²) in [6.45, 7) is 19.9. The summed E-state index contributed by atoms with van der Waals surface area (Å²) in [5.41, 5.74) is 0.0234. The molecule has 25 heavy (non-hydrogen) atoms. The number of β-lactam (4-membered cyclic amide) rings is 1. The van der Waals surface area contributed by atoms with Crippen LogP contribution in [0.1, 0.15) is 48.5 Å². The highest BCUT2D eigenvalue weighted by atomic mass is 32.2. The van der Waals surface area contributed by atoms with Gasteiger partial charge in [-0.3, -0.25) is 4.79 Å². The van der Waals surface area contributed by atoms with Crippen molar-refractivity contribution in [3.63, 3.8) is 0 Å². The molecule has 1 N–H and O–H groups in total. The van der Waals surface area contributed by atoms with E-state index in [-0.39, 0.29) is 40.6 Å². The lowest BCUT2D eigenvalue weighted by Crippen LogP contribution is -2.71. The van der Waals surface area contributed by atoms with E-state index < -0.39 is 8.32 Å². The van der Waals surface area contributed by atoms with Crippen molar-refractivity contribution in [1.82, 2.24) is 10.2 Å². The molecule has 0 bridgehead atoms. The second kappa shape index (κ2) is 6.80. The van der Waals surface area contributed by atoms with Crippen LogP contribution in [0.5, 0.6) is 0 Å². The first-order chi connectivity index (χ1) is 11.2. The molecule has 2 aliphatic heterocycles. The highest BCUT2D eigenvalue weighted by Crippen LogP contribution is 2.41. The molecule has 0 unspecified atom stereocenters. The largest absolute Gasteiger partial charge is 0.413 e. The lowest BCUT2D eigenvalue weighted by Gasteiger charge is -2.50. The molecule has 0 aromatic rings. The molecular weight excluding hydrogens is 368 g/mol. The summed E-state index contributed by atoms with van der Waals surface area (Å²) in [4.78, 5) is 14.7. The summed E-state index contributed by atoms with van der Waals surface area (Å²) >= 11 is 7.32. The Balaban J connectivity index is 2.13. The van der Waals surface area contributed by atoms with Gasteiger partial charge >= 0.3 is 0 Å². The number of thioether (sulfide) groups is 1. The number of hydrogen-bond acceptors (Lipinski definition) is 4. The molecule has 2 saturated heterocycles. The van der Waals surface area contributed by atoms with Crippen LogP contribution in [0, 0.1) is 5.92 Å². The number of nitrogens with zero attached hydrogens (tertiary/aromatic N) is 1. The van der Waals surface area contributed by atoms with Crippen molar-refractivity contribution in [3.05, 3.63) is 0 Å². The molecule has 2 fully saturated rings. The standard InChI is InChI=1S/C18H34N2O2S2Si/c1-11(20-16(23)24-10-18(20,6)7)14-13(15(21)19-14)12(2)22-25(8,9)17(3,4)5/h11-14H,10H2,1-9H3,(H,19,21)/t11-,12-,13-,14+/m1/s1. The molecule has 0 spiro atoms. The van der Waals surface area contributed by atoms with Crippen LogP contribution in [-0.4, -0.2) is 52.9 Å². The first-order valence-electron chi connectivity index (χ1n) is 9.13. The van der Waals surface area contributed by atoms with Gasteiger partial charge in [-0.25, -0.2) is 0 Å². The normalized spacial score (nSPS) is 29.2. The van der Waals surface area contributed by atoms with E-state index in [4.69, 9.17) is 16.6 Å². The summed E-state index contributed by atoms with van der Waals surface area (Å²) < 4.78 is 7.46. The molecular formula is C18H34N2O2S2Si. The second-order valence-corrected chi connectivity index (χ2v) is 16.0. The number of carbonyl (C=O) groups is 1. The fraction of sp³-hybridized carbons (Fsp3) is 0.889. The van der Waals surface area contributed by atoms with Gasteiger partial charge < -0.3 is 14.6 Å². The van der Waals surface area contributed by atoms with Gasteiger partial charge in [0.05, 0.1) is 18.1 Å². The van der Waals surface area contributed by atoms with Gasteiger partial charge in [0, 0.05) is 17.3 Å². The lowest BCUT2D eigenvalue weighted by molar-refractivity contribution is -0.142. The first kappa shape index (κ1) is 21.2. The van der Waals surface area contributed by atoms with E-state index in [2.05, 4.69) is 71.8 Å². The summed E-state index contributed by atoms with van der Waals surface area (Å²) in [7, 11) is -1.90. The van der Waals surface area contributed by atoms with Gasteiger partial charge in [0.2, 0.25) is 5.91 Å². The van der Waals surface area contributed by atoms with E-state index in [1.807, 2.05) is 0 Å². The van der Waals surface area contributed by atoms with Crippen molar-refractivity contribution in [2.24, 2.45) is 5.92 Å². The highest BCUT2D eigenvalue weighted by molar-refractivity contribution is 8.23. The van der Waals surface area contributed by atoms with E-state index in [1.54, 1.807) is 11.8 Å². The van der Waals surface area contributed by atoms with E-state index in [0.717, 1.165) is 10.1 Å². The van der Waals surface area contributed by atoms with Crippen LogP contribution in [0.4, 0.5) is 0 Å². The third-order valence-corrected chi connectivity index (χ3v) is 12.5. The van der Waals surface area contributed by atoms with Gasteiger partial charge in [-0.2, -0.15) is 0 Å². The molecule has 2 rings (SSSR count). The molecule has 0 aromatic carbocycles. The zero-order chi connectivity index (χ0) is 19.4. The van der Waals surface area contributed by atoms with Crippen LogP contribution in [-0.2, 0) is 9.22 Å². The van der Waals surface area contributed by atoms with E-state index in [9.17, 15) is 4.79 Å². The van der Waals surface area contributed by atoms with Crippen molar-refractivity contribution >= 4 is 42.5 Å². The zero-order valence-electron chi connectivity index (χ0n) is 17.1. The predicted octanol–water partition coefficient (Wildman–Crippen LogP) is 4.01. The van der Waals surface area contributed by atoms with Crippen molar-refractivity contribution < 1.29 is 9.22 Å². The molecule has 1 amide bonds. The molecule has 2 aliphatic rings. The van der Waals surface area contributed by atoms with Crippen molar-refractivity contribution in [2.45, 2.75) is 90.3 Å². The molecule has 144 valence electrons. The summed E-state index contributed by atoms with van der Waals surface area (Å²) in [5, 5.41) is 3.26. The first-order valence-corrected chi connectivity index (χ1v) is 13.4. The maximum Gasteiger partial charge on any atom is 0.228 e. The Morgan fingerprint density at radius 1 is 1.36 bits per heavy atom. The van der Waals surface area contributed by atoms with E-state index in [1.165, 1.54) is 0 Å². The van der Waals surface area contributed by atoms with Crippen LogP contribution in [0.15, 0.2) is 0 Å². The third-order valence-electron chi connectivity index (χ3n) is 6.12. The summed E-state index contributed by atoms with van der Waals surface area (Å²) in [5.74, 6) is 1.00. The lowest BCUT2D eigenvalue weighted by atomic mass is 9.80. The third kappa shape index (κ3) is 3.94. The van der Waals surface area contributed by atoms with Crippen LogP contribution in [0.2, 0.25) is 18.1 Å². The Bertz CT molecular complexity index is 560. The van der Waals surface area contributed by atoms with Crippen molar-refractivity contribution in [2.75, 3.05) is 5.75 Å². The summed E-state index contributed by atoms with van der Waals surface area (Å²) in [6.07, 6.45) is -0.0750. The van der Waals surface area contributed by atoms with Crippen LogP contribution in [0.25, 0.3) is 0 Å². The van der Waals surface area contributed by atoms with Crippen molar-refractivity contribution in [3.8, 4) is 0 Å². The van der Waals surface area contributed by atoms with Crippen LogP contribution < -0.4 is 5.32 Å². The Hall–Kier alpha value is -0.113. The van der Waals surface area contributed by atoms with E-state index in [0.29, 0.717) is 0 Å². The molecule has 0 aliphatic carbocycles. The number of nitrogens with one attached hydrogen (secondary N) is 1. The maximum atomic E-state index is 12.3. The SMILES string of the molecule is C[C@H]([C@@H]1NC(=O)[C@@H]1[C@@H](C)O[Si](C)(C)C(C)(C)C)N1C(=S)SCC1(C)C. The Morgan fingerprint density at radius 2 is 1.92 bits per heavy atom. The molecule has 4 atom stereocenters. The minimum absolute atomic E-state index is 0.0234. The number of hydrogen-bond donors (Lipinski definition) is 1. The topological polar surface area (TPSA) is 41.6 Å². The average Bonchev–Trinajstić information content (AvgIpc) is 2.66. The van der Waals surface area contributed by atoms with Gasteiger partial charge in [0.15, 0.2) is 8.32 Å². The summed E-state index contributed by atoms with van der Waals surface area (Å²) in [6, 6.07) is 0.258. The predicted molar refractivity (Wildman–Crippen MR) is 114 cm³/mol. The second-order valence-electron chi connectivity index (χ2n) is 9.62. The Kier molecular flexibility index (Phi) is 5.77. The maximum absolute atomic E-state index is 12.3. The average molecular weight is 403 g/mol. The monoisotopic (exact) mass is 402 g/mol. The smallest absolute Gasteiger partial charge is 0.228 e. The Morgan fingerprint density at radius 3 is 2.32 bits per heavy atom. The molecule has 0 saturated carbocycles. The number of carbonyl (C=O) groups excluding carboxylic acids is 1. The van der Waals surface area contributed by atoms with Crippen LogP contribution in [0.3, 0.4) is 0 Å². The fourth-order valence-corrected chi connectivity index (χ4v) is 6.75. The molecule has 2 heterocycles.